The second kappa shape index (κ2) is 6.08. The molecule has 0 atom stereocenters. The molecule has 150 valence electrons. The molecule has 1 nitrogen and oxygen atoms in total. The van der Waals surface area contributed by atoms with Crippen LogP contribution in [0.2, 0.25) is 0 Å². The molecule has 0 bridgehead atoms. The van der Waals surface area contributed by atoms with Crippen molar-refractivity contribution >= 4 is 0 Å². The van der Waals surface area contributed by atoms with Crippen LogP contribution in [0.5, 0.6) is 5.75 Å². The number of alkyl halides is 13. The lowest BCUT2D eigenvalue weighted by Crippen LogP contribution is -2.70. The molecular weight excluding hydrogens is 407 g/mol. The zero-order chi connectivity index (χ0) is 20.8. The molecule has 0 radical (unpaired) electrons. The average Bonchev–Trinajstić information content (AvgIpc) is 2.45. The van der Waals surface area contributed by atoms with Crippen LogP contribution in [0.15, 0.2) is 30.3 Å². The molecule has 0 heterocycles. The molecule has 0 aromatic heterocycles. The van der Waals surface area contributed by atoms with Gasteiger partial charge in [0.2, 0.25) is 0 Å². The molecule has 0 unspecified atom stereocenters. The van der Waals surface area contributed by atoms with Crippen molar-refractivity contribution in [2.75, 3.05) is 0 Å². The first-order valence-corrected chi connectivity index (χ1v) is 6.03. The van der Waals surface area contributed by atoms with Gasteiger partial charge in [0, 0.05) is 0 Å². The van der Waals surface area contributed by atoms with Gasteiger partial charge in [-0.3, -0.25) is 0 Å². The van der Waals surface area contributed by atoms with Gasteiger partial charge in [0.05, 0.1) is 0 Å². The van der Waals surface area contributed by atoms with E-state index in [1.54, 1.807) is 0 Å². The van der Waals surface area contributed by atoms with E-state index in [4.69, 9.17) is 0 Å². The zero-order valence-corrected chi connectivity index (χ0v) is 11.7. The zero-order valence-electron chi connectivity index (χ0n) is 11.7. The van der Waals surface area contributed by atoms with Gasteiger partial charge in [0.1, 0.15) is 5.75 Å². The number of ether oxygens (including phenoxy) is 1. The molecule has 1 aromatic carbocycles. The Morgan fingerprint density at radius 3 is 1.27 bits per heavy atom. The van der Waals surface area contributed by atoms with E-state index in [-0.39, 0.29) is 0 Å². The lowest BCUT2D eigenvalue weighted by Gasteiger charge is -2.39. The minimum absolute atomic E-state index is 0.477. The van der Waals surface area contributed by atoms with Crippen molar-refractivity contribution in [1.29, 1.82) is 0 Å². The molecule has 0 amide bonds. The van der Waals surface area contributed by atoms with Gasteiger partial charge in [0.15, 0.2) is 0 Å². The highest BCUT2D eigenvalue weighted by molar-refractivity contribution is 5.22. The van der Waals surface area contributed by atoms with Crippen LogP contribution in [0.1, 0.15) is 0 Å². The monoisotopic (exact) mass is 412 g/mol. The lowest BCUT2D eigenvalue weighted by molar-refractivity contribution is -0.456. The van der Waals surface area contributed by atoms with E-state index in [2.05, 4.69) is 4.74 Å². The number of rotatable bonds is 6. The van der Waals surface area contributed by atoms with E-state index in [0.29, 0.717) is 12.1 Å². The summed E-state index contributed by atoms with van der Waals surface area (Å²) < 4.78 is 169. The summed E-state index contributed by atoms with van der Waals surface area (Å²) >= 11 is 0. The maximum Gasteiger partial charge on any atom is 0.471 e. The Bertz CT molecular complexity index is 620. The predicted molar refractivity (Wildman–Crippen MR) is 57.9 cm³/mol. The minimum Gasteiger partial charge on any atom is -0.428 e. The first-order chi connectivity index (χ1) is 11.3. The maximum atomic E-state index is 13.3. The highest BCUT2D eigenvalue weighted by atomic mass is 19.4. The van der Waals surface area contributed by atoms with Crippen molar-refractivity contribution in [2.45, 2.75) is 36.0 Å². The van der Waals surface area contributed by atoms with Gasteiger partial charge in [-0.05, 0) is 12.1 Å². The third-order valence-corrected chi connectivity index (χ3v) is 2.89. The van der Waals surface area contributed by atoms with Crippen molar-refractivity contribution in [3.8, 4) is 5.75 Å². The summed E-state index contributed by atoms with van der Waals surface area (Å²) in [4.78, 5) is 0. The van der Waals surface area contributed by atoms with Gasteiger partial charge in [-0.25, -0.2) is 0 Å². The fraction of sp³-hybridized carbons (Fsp3) is 0.500. The van der Waals surface area contributed by atoms with Gasteiger partial charge < -0.3 is 4.74 Å². The van der Waals surface area contributed by atoms with Crippen molar-refractivity contribution in [3.05, 3.63) is 30.3 Å². The third-order valence-electron chi connectivity index (χ3n) is 2.89. The second-order valence-corrected chi connectivity index (χ2v) is 4.73. The van der Waals surface area contributed by atoms with E-state index in [1.165, 1.54) is 0 Å². The number of hydrogen-bond acceptors (Lipinski definition) is 1. The molecule has 0 spiro atoms. The quantitative estimate of drug-likeness (QED) is 0.540. The average molecular weight is 412 g/mol. The molecule has 0 aliphatic carbocycles. The summed E-state index contributed by atoms with van der Waals surface area (Å²) in [6, 6.07) is 3.77. The molecule has 26 heavy (non-hydrogen) atoms. The predicted octanol–water partition coefficient (Wildman–Crippen LogP) is 5.76. The van der Waals surface area contributed by atoms with E-state index in [1.807, 2.05) is 0 Å². The minimum atomic E-state index is -7.94. The molecule has 0 saturated heterocycles. The van der Waals surface area contributed by atoms with E-state index < -0.39 is 41.7 Å². The number of halogens is 13. The first-order valence-electron chi connectivity index (χ1n) is 6.03. The molecule has 0 fully saturated rings. The Morgan fingerprint density at radius 2 is 0.885 bits per heavy atom. The fourth-order valence-electron chi connectivity index (χ4n) is 1.46. The summed E-state index contributed by atoms with van der Waals surface area (Å²) in [7, 11) is 0. The van der Waals surface area contributed by atoms with Gasteiger partial charge in [-0.2, -0.15) is 57.1 Å². The smallest absolute Gasteiger partial charge is 0.428 e. The van der Waals surface area contributed by atoms with Crippen LogP contribution < -0.4 is 4.74 Å². The van der Waals surface area contributed by atoms with Crippen molar-refractivity contribution in [1.82, 2.24) is 0 Å². The highest BCUT2D eigenvalue weighted by Crippen LogP contribution is 2.60. The summed E-state index contributed by atoms with van der Waals surface area (Å²) in [5.74, 6) is -32.3. The normalized spacial score (nSPS) is 15.1. The molecular formula is C12H5F13O. The molecule has 1 aromatic rings. The summed E-state index contributed by atoms with van der Waals surface area (Å²) in [6.07, 6.45) is -14.0. The summed E-state index contributed by atoms with van der Waals surface area (Å²) in [6.45, 7) is 0. The Morgan fingerprint density at radius 1 is 0.500 bits per heavy atom. The van der Waals surface area contributed by atoms with Crippen LogP contribution in [0, 0.1) is 0 Å². The van der Waals surface area contributed by atoms with Crippen LogP contribution >= 0.6 is 0 Å². The van der Waals surface area contributed by atoms with Crippen molar-refractivity contribution in [2.24, 2.45) is 0 Å². The largest absolute Gasteiger partial charge is 0.471 e. The van der Waals surface area contributed by atoms with Crippen LogP contribution in [-0.4, -0.2) is 36.0 Å². The number of hydrogen-bond donors (Lipinski definition) is 0. The standard InChI is InChI=1S/C12H5F13O/c13-7(14,9(17,18)11(21,22)23)8(15,16)10(19,20)12(24,25)26-6-4-2-1-3-5-6/h1-5H. The number of para-hydroxylation sites is 1. The van der Waals surface area contributed by atoms with Gasteiger partial charge in [0.25, 0.3) is 0 Å². The molecule has 1 rings (SSSR count). The summed E-state index contributed by atoms with van der Waals surface area (Å²) in [5.41, 5.74) is 0. The molecule has 0 aliphatic rings. The molecule has 0 N–H and O–H groups in total. The lowest BCUT2D eigenvalue weighted by atomic mass is 9.97. The SMILES string of the molecule is FC(F)(F)C(F)(F)C(F)(F)C(F)(F)C(F)(F)C(F)(F)Oc1ccccc1. The number of benzene rings is 1. The van der Waals surface area contributed by atoms with Gasteiger partial charge in [-0.15, -0.1) is 0 Å². The van der Waals surface area contributed by atoms with Crippen LogP contribution in [0.25, 0.3) is 0 Å². The first kappa shape index (κ1) is 22.2. The van der Waals surface area contributed by atoms with Crippen molar-refractivity contribution in [3.63, 3.8) is 0 Å². The topological polar surface area (TPSA) is 9.23 Å². The molecule has 0 saturated carbocycles. The third kappa shape index (κ3) is 3.13. The fourth-order valence-corrected chi connectivity index (χ4v) is 1.46. The Labute approximate surface area is 135 Å². The Balaban J connectivity index is 3.38. The van der Waals surface area contributed by atoms with Crippen LogP contribution in [-0.2, 0) is 0 Å². The van der Waals surface area contributed by atoms with E-state index >= 15 is 0 Å². The molecule has 14 heteroatoms. The summed E-state index contributed by atoms with van der Waals surface area (Å²) in [5, 5.41) is 0. The van der Waals surface area contributed by atoms with Crippen molar-refractivity contribution < 1.29 is 61.8 Å². The Kier molecular flexibility index (Phi) is 5.18. The second-order valence-electron chi connectivity index (χ2n) is 4.73. The highest BCUT2D eigenvalue weighted by Gasteiger charge is 2.91. The molecule has 0 aliphatic heterocycles. The maximum absolute atomic E-state index is 13.3. The van der Waals surface area contributed by atoms with Crippen LogP contribution in [0.4, 0.5) is 57.1 Å². The van der Waals surface area contributed by atoms with Crippen LogP contribution in [0.3, 0.4) is 0 Å². The Hall–Kier alpha value is -1.89. The van der Waals surface area contributed by atoms with E-state index in [0.717, 1.165) is 18.2 Å². The van der Waals surface area contributed by atoms with E-state index in [9.17, 15) is 57.1 Å². The van der Waals surface area contributed by atoms with Gasteiger partial charge in [-0.1, -0.05) is 18.2 Å². The van der Waals surface area contributed by atoms with Gasteiger partial charge >= 0.3 is 36.0 Å².